The third-order valence-corrected chi connectivity index (χ3v) is 8.28. The number of unbranched alkanes of at least 4 members (excludes halogenated alkanes) is 1. The number of hydrogen-bond donors (Lipinski definition) is 7. The van der Waals surface area contributed by atoms with Crippen molar-refractivity contribution in [2.45, 2.75) is 89.9 Å². The van der Waals surface area contributed by atoms with Crippen molar-refractivity contribution in [3.05, 3.63) is 88.3 Å². The zero-order valence-electron chi connectivity index (χ0n) is 30.2. The first kappa shape index (κ1) is 40.2. The second-order valence-corrected chi connectivity index (χ2v) is 13.7. The fraction of sp³-hybridized carbons (Fsp3) is 0.462. The molecular weight excluding hydrogens is 666 g/mol. The monoisotopic (exact) mass is 719 g/mol. The van der Waals surface area contributed by atoms with E-state index in [0.717, 1.165) is 16.0 Å². The lowest BCUT2D eigenvalue weighted by atomic mass is 9.96. The van der Waals surface area contributed by atoms with Gasteiger partial charge in [0.1, 0.15) is 11.4 Å². The first-order valence-corrected chi connectivity index (χ1v) is 17.7. The summed E-state index contributed by atoms with van der Waals surface area (Å²) in [6, 6.07) is 14.2. The highest BCUT2D eigenvalue weighted by atomic mass is 16.6. The fourth-order valence-electron chi connectivity index (χ4n) is 5.58. The predicted octanol–water partition coefficient (Wildman–Crippen LogP) is 2.43. The van der Waals surface area contributed by atoms with Crippen molar-refractivity contribution >= 4 is 30.0 Å². The standard InChI is InChI=1S/C39H53N5O8/c1-39(2,3)52-37(47)43-20-8-7-11-33(44-38(48)50-25-26-9-5-4-6-10-26)35(45)42-21-22-49-31-17-14-27(15-18-31)36(46)51-32-19-16-28-23-30(34(40)41)13-12-29(28)24-32/h4-6,9-10,12,14-17,19,23-24,30-31,33,36,38,44,46,48H,7-8,11,13,18,20-22,25H2,1-3H3,(H3,40,41)(H,42,45)(H,43,47)/t30?,31?,33-,36?,38?/m0/s1. The van der Waals surface area contributed by atoms with Crippen LogP contribution in [0.3, 0.4) is 0 Å². The molecule has 2 aromatic rings. The van der Waals surface area contributed by atoms with Gasteiger partial charge in [-0.3, -0.25) is 15.5 Å². The maximum absolute atomic E-state index is 13.2. The number of alkyl carbamates (subject to hydrolysis) is 1. The molecule has 0 bridgehead atoms. The van der Waals surface area contributed by atoms with Gasteiger partial charge in [-0.15, -0.1) is 0 Å². The van der Waals surface area contributed by atoms with Gasteiger partial charge in [0.25, 0.3) is 0 Å². The molecule has 13 heteroatoms. The number of hydrogen-bond acceptors (Lipinski definition) is 10. The molecule has 2 aromatic carbocycles. The molecule has 4 rings (SSSR count). The number of amides is 2. The van der Waals surface area contributed by atoms with Crippen LogP contribution in [-0.2, 0) is 25.6 Å². The van der Waals surface area contributed by atoms with Crippen molar-refractivity contribution in [2.75, 3.05) is 19.7 Å². The number of nitrogens with one attached hydrogen (secondary N) is 4. The first-order valence-electron chi connectivity index (χ1n) is 17.7. The molecule has 2 aliphatic carbocycles. The van der Waals surface area contributed by atoms with Crippen LogP contribution in [0.15, 0.2) is 72.3 Å². The highest BCUT2D eigenvalue weighted by molar-refractivity contribution is 5.86. The molecule has 5 atom stereocenters. The molecule has 13 nitrogen and oxygen atoms in total. The molecule has 8 N–H and O–H groups in total. The summed E-state index contributed by atoms with van der Waals surface area (Å²) in [7, 11) is 0. The number of aliphatic hydroxyl groups excluding tert-OH is 2. The summed E-state index contributed by atoms with van der Waals surface area (Å²) in [5, 5.41) is 39.3. The number of rotatable bonds is 19. The third kappa shape index (κ3) is 13.9. The van der Waals surface area contributed by atoms with Crippen LogP contribution in [0.5, 0.6) is 5.75 Å². The Balaban J connectivity index is 1.19. The molecule has 0 aromatic heterocycles. The number of carbonyl (C=O) groups excluding carboxylic acids is 2. The number of aliphatic hydroxyl groups is 2. The quantitative estimate of drug-likeness (QED) is 0.0490. The predicted molar refractivity (Wildman–Crippen MR) is 198 cm³/mol. The molecule has 52 heavy (non-hydrogen) atoms. The molecule has 2 amide bonds. The number of ether oxygens (including phenoxy) is 4. The summed E-state index contributed by atoms with van der Waals surface area (Å²) in [4.78, 5) is 25.1. The van der Waals surface area contributed by atoms with Gasteiger partial charge in [-0.25, -0.2) is 4.79 Å². The van der Waals surface area contributed by atoms with E-state index in [4.69, 9.17) is 30.1 Å². The lowest BCUT2D eigenvalue weighted by Gasteiger charge is -2.23. The minimum atomic E-state index is -1.37. The van der Waals surface area contributed by atoms with E-state index in [2.05, 4.69) is 16.0 Å². The van der Waals surface area contributed by atoms with Gasteiger partial charge in [0.05, 0.1) is 31.2 Å². The summed E-state index contributed by atoms with van der Waals surface area (Å²) in [6.45, 7) is 6.42. The molecule has 0 heterocycles. The van der Waals surface area contributed by atoms with Crippen LogP contribution in [0.25, 0.3) is 12.2 Å². The molecular formula is C39H53N5O8. The molecule has 2 aliphatic rings. The highest BCUT2D eigenvalue weighted by Gasteiger charge is 2.22. The average molecular weight is 720 g/mol. The van der Waals surface area contributed by atoms with Crippen LogP contribution in [0.4, 0.5) is 4.79 Å². The Kier molecular flexibility index (Phi) is 15.4. The summed E-state index contributed by atoms with van der Waals surface area (Å²) in [5.74, 6) is 0.244. The highest BCUT2D eigenvalue weighted by Crippen LogP contribution is 2.19. The van der Waals surface area contributed by atoms with Gasteiger partial charge < -0.3 is 45.5 Å². The molecule has 0 spiro atoms. The van der Waals surface area contributed by atoms with Gasteiger partial charge in [-0.2, -0.15) is 0 Å². The van der Waals surface area contributed by atoms with Gasteiger partial charge in [0.2, 0.25) is 18.6 Å². The molecule has 4 unspecified atom stereocenters. The van der Waals surface area contributed by atoms with Crippen LogP contribution in [0.2, 0.25) is 0 Å². The Morgan fingerprint density at radius 1 is 1.00 bits per heavy atom. The van der Waals surface area contributed by atoms with E-state index < -0.39 is 30.4 Å². The van der Waals surface area contributed by atoms with Crippen LogP contribution in [0, 0.1) is 11.3 Å². The van der Waals surface area contributed by atoms with E-state index in [1.165, 1.54) is 0 Å². The minimum absolute atomic E-state index is 0.107. The smallest absolute Gasteiger partial charge is 0.407 e. The Labute approximate surface area is 305 Å². The van der Waals surface area contributed by atoms with Crippen molar-refractivity contribution in [3.63, 3.8) is 0 Å². The Hall–Kier alpha value is -4.53. The Bertz CT molecular complexity index is 1670. The van der Waals surface area contributed by atoms with Gasteiger partial charge in [-0.1, -0.05) is 66.8 Å². The van der Waals surface area contributed by atoms with E-state index >= 15 is 0 Å². The molecule has 0 radical (unpaired) electrons. The van der Waals surface area contributed by atoms with E-state index in [-0.39, 0.29) is 43.5 Å². The number of fused-ring (bicyclic) bond motifs is 1. The zero-order valence-corrected chi connectivity index (χ0v) is 30.2. The lowest BCUT2D eigenvalue weighted by molar-refractivity contribution is -0.145. The lowest BCUT2D eigenvalue weighted by Crippen LogP contribution is -2.49. The van der Waals surface area contributed by atoms with E-state index in [0.29, 0.717) is 50.0 Å². The second kappa shape index (κ2) is 19.9. The summed E-state index contributed by atoms with van der Waals surface area (Å²) >= 11 is 0. The van der Waals surface area contributed by atoms with E-state index in [9.17, 15) is 19.8 Å². The van der Waals surface area contributed by atoms with Crippen molar-refractivity contribution in [3.8, 4) is 5.75 Å². The van der Waals surface area contributed by atoms with E-state index in [1.807, 2.05) is 66.8 Å². The average Bonchev–Trinajstić information content (AvgIpc) is 3.11. The van der Waals surface area contributed by atoms with Crippen LogP contribution in [-0.4, -0.2) is 78.2 Å². The van der Waals surface area contributed by atoms with E-state index in [1.54, 1.807) is 32.9 Å². The maximum Gasteiger partial charge on any atom is 0.407 e. The molecule has 282 valence electrons. The Morgan fingerprint density at radius 2 is 1.79 bits per heavy atom. The van der Waals surface area contributed by atoms with Crippen LogP contribution < -0.4 is 36.9 Å². The number of amidine groups is 1. The largest absolute Gasteiger partial charge is 0.461 e. The maximum atomic E-state index is 13.2. The van der Waals surface area contributed by atoms with Gasteiger partial charge >= 0.3 is 6.09 Å². The van der Waals surface area contributed by atoms with Crippen LogP contribution in [0.1, 0.15) is 58.4 Å². The number of benzene rings is 2. The molecule has 0 saturated heterocycles. The summed E-state index contributed by atoms with van der Waals surface area (Å²) in [6.07, 6.45) is 8.94. The molecule has 0 fully saturated rings. The SMILES string of the molecule is CC(C)(C)OC(=O)NCCCC[C@H](NC(O)OCc1ccccc1)C(=O)NCCOC1C=CC(C(O)Oc2ccc3c(c2)=CCC(C(=N)N)C=3)=CC1. The summed E-state index contributed by atoms with van der Waals surface area (Å²) in [5.41, 5.74) is 6.56. The zero-order chi connectivity index (χ0) is 37.5. The van der Waals surface area contributed by atoms with Gasteiger partial charge in [0, 0.05) is 24.6 Å². The summed E-state index contributed by atoms with van der Waals surface area (Å²) < 4.78 is 22.5. The number of nitrogens with two attached hydrogens (primary N) is 1. The van der Waals surface area contributed by atoms with Crippen molar-refractivity contribution in [2.24, 2.45) is 11.7 Å². The van der Waals surface area contributed by atoms with Crippen molar-refractivity contribution in [1.29, 1.82) is 5.41 Å². The van der Waals surface area contributed by atoms with Crippen LogP contribution >= 0.6 is 0 Å². The normalized spacial score (nSPS) is 18.4. The fourth-order valence-corrected chi connectivity index (χ4v) is 5.58. The second-order valence-electron chi connectivity index (χ2n) is 13.7. The minimum Gasteiger partial charge on any atom is -0.461 e. The number of carbonyl (C=O) groups is 2. The van der Waals surface area contributed by atoms with Crippen molar-refractivity contribution < 1.29 is 38.7 Å². The molecule has 0 aliphatic heterocycles. The van der Waals surface area contributed by atoms with Gasteiger partial charge in [-0.05, 0) is 81.0 Å². The Morgan fingerprint density at radius 3 is 2.50 bits per heavy atom. The van der Waals surface area contributed by atoms with Gasteiger partial charge in [0.15, 0.2) is 0 Å². The molecule has 0 saturated carbocycles. The topological polar surface area (TPSA) is 197 Å². The third-order valence-electron chi connectivity index (χ3n) is 8.28. The van der Waals surface area contributed by atoms with Crippen molar-refractivity contribution in [1.82, 2.24) is 16.0 Å². The first-order chi connectivity index (χ1) is 24.9.